The second-order valence-corrected chi connectivity index (χ2v) is 4.90. The first-order chi connectivity index (χ1) is 9.40. The van der Waals surface area contributed by atoms with Gasteiger partial charge < -0.3 is 9.26 Å². The van der Waals surface area contributed by atoms with Crippen LogP contribution in [0.5, 0.6) is 5.75 Å². The van der Waals surface area contributed by atoms with E-state index in [0.717, 1.165) is 43.9 Å². The van der Waals surface area contributed by atoms with Crippen LogP contribution in [0.4, 0.5) is 0 Å². The summed E-state index contributed by atoms with van der Waals surface area (Å²) in [6.07, 6.45) is 4.08. The highest BCUT2D eigenvalue weighted by atomic mass is 16.5. The average molecular weight is 258 g/mol. The predicted molar refractivity (Wildman–Crippen MR) is 71.9 cm³/mol. The Balaban J connectivity index is 1.47. The van der Waals surface area contributed by atoms with Crippen molar-refractivity contribution in [2.45, 2.75) is 25.5 Å². The molecule has 0 radical (unpaired) electrons. The van der Waals surface area contributed by atoms with Gasteiger partial charge in [0.1, 0.15) is 18.1 Å². The summed E-state index contributed by atoms with van der Waals surface area (Å²) in [5, 5.41) is 3.95. The van der Waals surface area contributed by atoms with E-state index >= 15 is 0 Å². The SMILES string of the molecule is c1ccc(OC2CCN(Cc3ccon3)CC2)cc1. The molecular formula is C15H18N2O2. The molecule has 1 saturated heterocycles. The van der Waals surface area contributed by atoms with Crippen molar-refractivity contribution in [3.05, 3.63) is 48.4 Å². The van der Waals surface area contributed by atoms with Crippen molar-refractivity contribution in [2.24, 2.45) is 0 Å². The molecule has 0 bridgehead atoms. The molecule has 1 aliphatic heterocycles. The number of piperidine rings is 1. The minimum atomic E-state index is 0.330. The molecule has 1 aliphatic rings. The first-order valence-electron chi connectivity index (χ1n) is 6.73. The Morgan fingerprint density at radius 1 is 1.16 bits per heavy atom. The Morgan fingerprint density at radius 3 is 2.63 bits per heavy atom. The number of hydrogen-bond donors (Lipinski definition) is 0. The Hall–Kier alpha value is -1.81. The van der Waals surface area contributed by atoms with Gasteiger partial charge in [-0.3, -0.25) is 4.90 Å². The molecule has 19 heavy (non-hydrogen) atoms. The van der Waals surface area contributed by atoms with Gasteiger partial charge in [0.25, 0.3) is 0 Å². The number of aromatic nitrogens is 1. The molecule has 0 N–H and O–H groups in total. The van der Waals surface area contributed by atoms with Gasteiger partial charge in [0.05, 0.1) is 5.69 Å². The zero-order chi connectivity index (χ0) is 12.9. The molecule has 0 aliphatic carbocycles. The number of hydrogen-bond acceptors (Lipinski definition) is 4. The van der Waals surface area contributed by atoms with Gasteiger partial charge in [-0.1, -0.05) is 23.4 Å². The van der Waals surface area contributed by atoms with E-state index in [2.05, 4.69) is 10.1 Å². The molecule has 0 amide bonds. The maximum Gasteiger partial charge on any atom is 0.124 e. The molecule has 4 nitrogen and oxygen atoms in total. The van der Waals surface area contributed by atoms with E-state index < -0.39 is 0 Å². The molecule has 4 heteroatoms. The number of benzene rings is 1. The molecule has 1 aromatic heterocycles. The fraction of sp³-hybridized carbons (Fsp3) is 0.400. The van der Waals surface area contributed by atoms with Crippen LogP contribution in [0.1, 0.15) is 18.5 Å². The quantitative estimate of drug-likeness (QED) is 0.845. The Morgan fingerprint density at radius 2 is 1.95 bits per heavy atom. The Bertz CT molecular complexity index is 476. The number of likely N-dealkylation sites (tertiary alicyclic amines) is 1. The van der Waals surface area contributed by atoms with Crippen molar-refractivity contribution in [3.63, 3.8) is 0 Å². The van der Waals surface area contributed by atoms with Gasteiger partial charge in [0.2, 0.25) is 0 Å². The van der Waals surface area contributed by atoms with Crippen LogP contribution in [0.3, 0.4) is 0 Å². The molecule has 2 aromatic rings. The van der Waals surface area contributed by atoms with Crippen LogP contribution >= 0.6 is 0 Å². The maximum absolute atomic E-state index is 5.98. The van der Waals surface area contributed by atoms with Crippen molar-refractivity contribution >= 4 is 0 Å². The van der Waals surface area contributed by atoms with E-state index in [4.69, 9.17) is 9.26 Å². The van der Waals surface area contributed by atoms with Crippen LogP contribution in [0, 0.1) is 0 Å². The molecule has 2 heterocycles. The van der Waals surface area contributed by atoms with Crippen molar-refractivity contribution in [1.29, 1.82) is 0 Å². The van der Waals surface area contributed by atoms with Gasteiger partial charge in [-0.25, -0.2) is 0 Å². The van der Waals surface area contributed by atoms with Gasteiger partial charge >= 0.3 is 0 Å². The summed E-state index contributed by atoms with van der Waals surface area (Å²) in [5.74, 6) is 0.970. The lowest BCUT2D eigenvalue weighted by Gasteiger charge is -2.31. The van der Waals surface area contributed by atoms with E-state index in [1.54, 1.807) is 6.26 Å². The van der Waals surface area contributed by atoms with Crippen LogP contribution in [-0.4, -0.2) is 29.3 Å². The van der Waals surface area contributed by atoms with Crippen LogP contribution < -0.4 is 4.74 Å². The minimum Gasteiger partial charge on any atom is -0.490 e. The zero-order valence-electron chi connectivity index (χ0n) is 10.9. The van der Waals surface area contributed by atoms with Crippen molar-refractivity contribution in [3.8, 4) is 5.75 Å². The fourth-order valence-electron chi connectivity index (χ4n) is 2.42. The molecule has 0 atom stereocenters. The molecule has 1 fully saturated rings. The molecule has 0 spiro atoms. The molecule has 3 rings (SSSR count). The van der Waals surface area contributed by atoms with Crippen molar-refractivity contribution < 1.29 is 9.26 Å². The molecule has 0 saturated carbocycles. The third-order valence-corrected chi connectivity index (χ3v) is 3.46. The molecular weight excluding hydrogens is 240 g/mol. The van der Waals surface area contributed by atoms with Gasteiger partial charge in [0.15, 0.2) is 0 Å². The summed E-state index contributed by atoms with van der Waals surface area (Å²) >= 11 is 0. The zero-order valence-corrected chi connectivity index (χ0v) is 10.9. The first kappa shape index (κ1) is 12.2. The molecule has 0 unspecified atom stereocenters. The lowest BCUT2D eigenvalue weighted by Crippen LogP contribution is -2.37. The highest BCUT2D eigenvalue weighted by molar-refractivity contribution is 5.21. The summed E-state index contributed by atoms with van der Waals surface area (Å²) in [5.41, 5.74) is 1.00. The van der Waals surface area contributed by atoms with E-state index in [1.807, 2.05) is 36.4 Å². The van der Waals surface area contributed by atoms with E-state index in [9.17, 15) is 0 Å². The molecule has 1 aromatic carbocycles. The highest BCUT2D eigenvalue weighted by Gasteiger charge is 2.20. The minimum absolute atomic E-state index is 0.330. The lowest BCUT2D eigenvalue weighted by molar-refractivity contribution is 0.0955. The predicted octanol–water partition coefficient (Wildman–Crippen LogP) is 2.72. The third kappa shape index (κ3) is 3.35. The normalized spacial score (nSPS) is 17.5. The summed E-state index contributed by atoms with van der Waals surface area (Å²) in [4.78, 5) is 2.39. The standard InChI is InChI=1S/C15H18N2O2/c1-2-4-14(5-3-1)19-15-6-9-17(10-7-15)12-13-8-11-18-16-13/h1-5,8,11,15H,6-7,9-10,12H2. The second-order valence-electron chi connectivity index (χ2n) is 4.90. The van der Waals surface area contributed by atoms with E-state index in [0.29, 0.717) is 6.10 Å². The summed E-state index contributed by atoms with van der Waals surface area (Å²) in [6.45, 7) is 2.96. The van der Waals surface area contributed by atoms with Crippen molar-refractivity contribution in [1.82, 2.24) is 10.1 Å². The van der Waals surface area contributed by atoms with Crippen LogP contribution in [0.25, 0.3) is 0 Å². The fourth-order valence-corrected chi connectivity index (χ4v) is 2.42. The topological polar surface area (TPSA) is 38.5 Å². The van der Waals surface area contributed by atoms with Crippen molar-refractivity contribution in [2.75, 3.05) is 13.1 Å². The number of para-hydroxylation sites is 1. The Kier molecular flexibility index (Phi) is 3.79. The number of ether oxygens (including phenoxy) is 1. The summed E-state index contributed by atoms with van der Waals surface area (Å²) in [7, 11) is 0. The van der Waals surface area contributed by atoms with Crippen LogP contribution in [-0.2, 0) is 6.54 Å². The van der Waals surface area contributed by atoms with Gasteiger partial charge in [-0.2, -0.15) is 0 Å². The van der Waals surface area contributed by atoms with Gasteiger partial charge in [-0.15, -0.1) is 0 Å². The highest BCUT2D eigenvalue weighted by Crippen LogP contribution is 2.19. The van der Waals surface area contributed by atoms with E-state index in [1.165, 1.54) is 0 Å². The first-order valence-corrected chi connectivity index (χ1v) is 6.73. The largest absolute Gasteiger partial charge is 0.490 e. The smallest absolute Gasteiger partial charge is 0.124 e. The maximum atomic E-state index is 5.98. The van der Waals surface area contributed by atoms with Crippen LogP contribution in [0.15, 0.2) is 47.2 Å². The summed E-state index contributed by atoms with van der Waals surface area (Å²) in [6, 6.07) is 12.0. The van der Waals surface area contributed by atoms with E-state index in [-0.39, 0.29) is 0 Å². The number of rotatable bonds is 4. The number of nitrogens with zero attached hydrogens (tertiary/aromatic N) is 2. The Labute approximate surface area is 113 Å². The average Bonchev–Trinajstić information content (AvgIpc) is 2.95. The molecule has 100 valence electrons. The van der Waals surface area contributed by atoms with Gasteiger partial charge in [-0.05, 0) is 25.0 Å². The van der Waals surface area contributed by atoms with Crippen LogP contribution in [0.2, 0.25) is 0 Å². The monoisotopic (exact) mass is 258 g/mol. The third-order valence-electron chi connectivity index (χ3n) is 3.46. The lowest BCUT2D eigenvalue weighted by atomic mass is 10.1. The second kappa shape index (κ2) is 5.89. The van der Waals surface area contributed by atoms with Gasteiger partial charge in [0, 0.05) is 25.7 Å². The summed E-state index contributed by atoms with van der Waals surface area (Å²) < 4.78 is 10.8.